The molecule has 112 valence electrons. The lowest BCUT2D eigenvalue weighted by Gasteiger charge is -2.06. The molecule has 1 N–H and O–H groups in total. The second kappa shape index (κ2) is 6.63. The number of amides is 1. The van der Waals surface area contributed by atoms with Crippen molar-refractivity contribution in [2.45, 2.75) is 6.42 Å². The quantitative estimate of drug-likeness (QED) is 0.726. The summed E-state index contributed by atoms with van der Waals surface area (Å²) in [6, 6.07) is 7.17. The molecule has 1 amide bonds. The highest BCUT2D eigenvalue weighted by atomic mass is 32.1. The number of carbonyl (C=O) groups is 2. The lowest BCUT2D eigenvalue weighted by atomic mass is 10.2. The normalized spacial score (nSPS) is 10.5. The predicted molar refractivity (Wildman–Crippen MR) is 85.0 cm³/mol. The fraction of sp³-hybridized carbons (Fsp3) is 0.143. The van der Waals surface area contributed by atoms with E-state index >= 15 is 0 Å². The molecule has 3 rings (SSSR count). The molecule has 0 fully saturated rings. The maximum atomic E-state index is 11.9. The lowest BCUT2D eigenvalue weighted by Crippen LogP contribution is -2.21. The van der Waals surface area contributed by atoms with Gasteiger partial charge in [-0.3, -0.25) is 9.59 Å². The summed E-state index contributed by atoms with van der Waals surface area (Å²) >= 11 is 2.59. The number of carbonyl (C=O) groups excluding carboxylic acids is 2. The largest absolute Gasteiger partial charge is 0.455 e. The first-order valence-corrected chi connectivity index (χ1v) is 8.07. The molecule has 0 saturated heterocycles. The summed E-state index contributed by atoms with van der Waals surface area (Å²) in [6.07, 6.45) is 0.169. The van der Waals surface area contributed by atoms with Crippen LogP contribution in [0.25, 0.3) is 11.0 Å². The summed E-state index contributed by atoms with van der Waals surface area (Å²) in [5.41, 5.74) is 2.79. The molecule has 8 heteroatoms. The van der Waals surface area contributed by atoms with Gasteiger partial charge in [0.15, 0.2) is 6.61 Å². The third-order valence-corrected chi connectivity index (χ3v) is 4.13. The molecule has 0 aliphatic rings. The van der Waals surface area contributed by atoms with Gasteiger partial charge in [-0.25, -0.2) is 0 Å². The summed E-state index contributed by atoms with van der Waals surface area (Å²) < 4.78 is 13.2. The van der Waals surface area contributed by atoms with Gasteiger partial charge in [0.1, 0.15) is 11.0 Å². The van der Waals surface area contributed by atoms with Crippen LogP contribution in [0.5, 0.6) is 0 Å². The maximum absolute atomic E-state index is 11.9. The van der Waals surface area contributed by atoms with Gasteiger partial charge in [-0.1, -0.05) is 6.07 Å². The van der Waals surface area contributed by atoms with Crippen LogP contribution in [0.2, 0.25) is 0 Å². The molecule has 0 radical (unpaired) electrons. The number of hydrogen-bond acceptors (Lipinski definition) is 7. The Morgan fingerprint density at radius 2 is 2.14 bits per heavy atom. The zero-order chi connectivity index (χ0) is 15.4. The highest BCUT2D eigenvalue weighted by Gasteiger charge is 2.11. The number of hydrogen-bond donors (Lipinski definition) is 1. The van der Waals surface area contributed by atoms with Gasteiger partial charge < -0.3 is 10.1 Å². The van der Waals surface area contributed by atoms with E-state index in [-0.39, 0.29) is 13.0 Å². The zero-order valence-electron chi connectivity index (χ0n) is 11.3. The van der Waals surface area contributed by atoms with Crippen LogP contribution in [0.4, 0.5) is 5.69 Å². The molecular formula is C14H11N3O3S2. The summed E-state index contributed by atoms with van der Waals surface area (Å²) in [5, 5.41) is 6.43. The highest BCUT2D eigenvalue weighted by molar-refractivity contribution is 7.08. The van der Waals surface area contributed by atoms with E-state index in [1.807, 2.05) is 22.9 Å². The van der Waals surface area contributed by atoms with E-state index in [9.17, 15) is 9.59 Å². The number of aromatic nitrogens is 2. The Balaban J connectivity index is 1.54. The Bertz CT molecular complexity index is 799. The van der Waals surface area contributed by atoms with Crippen molar-refractivity contribution in [3.8, 4) is 0 Å². The third kappa shape index (κ3) is 3.46. The molecule has 1 aromatic carbocycles. The Hall–Kier alpha value is -2.32. The molecule has 3 aromatic rings. The van der Waals surface area contributed by atoms with Gasteiger partial charge in [-0.05, 0) is 34.5 Å². The number of nitrogens with zero attached hydrogens (tertiary/aromatic N) is 2. The van der Waals surface area contributed by atoms with E-state index < -0.39 is 11.9 Å². The first-order chi connectivity index (χ1) is 10.7. The van der Waals surface area contributed by atoms with Crippen LogP contribution in [-0.2, 0) is 20.7 Å². The van der Waals surface area contributed by atoms with Crippen molar-refractivity contribution in [3.05, 3.63) is 40.6 Å². The van der Waals surface area contributed by atoms with Crippen molar-refractivity contribution in [2.75, 3.05) is 11.9 Å². The fourth-order valence-electron chi connectivity index (χ4n) is 1.85. The van der Waals surface area contributed by atoms with Crippen LogP contribution < -0.4 is 5.32 Å². The third-order valence-electron chi connectivity index (χ3n) is 2.85. The zero-order valence-corrected chi connectivity index (χ0v) is 12.9. The maximum Gasteiger partial charge on any atom is 0.310 e. The van der Waals surface area contributed by atoms with E-state index in [1.54, 1.807) is 12.1 Å². The highest BCUT2D eigenvalue weighted by Crippen LogP contribution is 2.20. The minimum Gasteiger partial charge on any atom is -0.455 e. The molecule has 6 nitrogen and oxygen atoms in total. The number of rotatable bonds is 5. The number of nitrogens with one attached hydrogen (secondary N) is 1. The minimum atomic E-state index is -0.429. The van der Waals surface area contributed by atoms with Crippen molar-refractivity contribution in [2.24, 2.45) is 0 Å². The van der Waals surface area contributed by atoms with E-state index in [0.29, 0.717) is 11.2 Å². The summed E-state index contributed by atoms with van der Waals surface area (Å²) in [6.45, 7) is -0.322. The number of esters is 1. The standard InChI is InChI=1S/C14H11N3O3S2/c18-12(7-20-13(19)6-9-4-5-21-8-9)15-10-2-1-3-11-14(10)17-22-16-11/h1-5,8H,6-7H2,(H,15,18). The van der Waals surface area contributed by atoms with Crippen LogP contribution in [0.3, 0.4) is 0 Å². The van der Waals surface area contributed by atoms with Crippen LogP contribution in [0, 0.1) is 0 Å². The fourth-order valence-corrected chi connectivity index (χ4v) is 3.07. The monoisotopic (exact) mass is 333 g/mol. The number of benzene rings is 1. The van der Waals surface area contributed by atoms with Crippen LogP contribution in [-0.4, -0.2) is 27.2 Å². The molecule has 0 spiro atoms. The Labute approximate surface area is 134 Å². The van der Waals surface area contributed by atoms with Crippen molar-refractivity contribution in [1.82, 2.24) is 8.75 Å². The number of ether oxygens (including phenoxy) is 1. The second-order valence-electron chi connectivity index (χ2n) is 4.45. The van der Waals surface area contributed by atoms with Crippen LogP contribution in [0.1, 0.15) is 5.56 Å². The predicted octanol–water partition coefficient (Wildman–Crippen LogP) is 2.48. The van der Waals surface area contributed by atoms with E-state index in [1.165, 1.54) is 11.3 Å². The topological polar surface area (TPSA) is 81.2 Å². The molecular weight excluding hydrogens is 322 g/mol. The summed E-state index contributed by atoms with van der Waals surface area (Å²) in [4.78, 5) is 23.5. The average Bonchev–Trinajstić information content (AvgIpc) is 3.16. The molecule has 0 bridgehead atoms. The van der Waals surface area contributed by atoms with Gasteiger partial charge in [0.2, 0.25) is 0 Å². The molecule has 22 heavy (non-hydrogen) atoms. The van der Waals surface area contributed by atoms with E-state index in [0.717, 1.165) is 22.8 Å². The van der Waals surface area contributed by atoms with Crippen molar-refractivity contribution in [1.29, 1.82) is 0 Å². The Morgan fingerprint density at radius 3 is 2.95 bits per heavy atom. The number of anilines is 1. The van der Waals surface area contributed by atoms with Crippen molar-refractivity contribution >= 4 is 51.7 Å². The first kappa shape index (κ1) is 14.6. The SMILES string of the molecule is O=C(COC(=O)Cc1ccsc1)Nc1cccc2nsnc12. The van der Waals surface area contributed by atoms with Crippen molar-refractivity contribution < 1.29 is 14.3 Å². The number of fused-ring (bicyclic) bond motifs is 1. The van der Waals surface area contributed by atoms with Crippen LogP contribution >= 0.6 is 23.1 Å². The van der Waals surface area contributed by atoms with Crippen LogP contribution in [0.15, 0.2) is 35.0 Å². The van der Waals surface area contributed by atoms with E-state index in [4.69, 9.17) is 4.74 Å². The second-order valence-corrected chi connectivity index (χ2v) is 5.76. The van der Waals surface area contributed by atoms with Gasteiger partial charge >= 0.3 is 5.97 Å². The molecule has 0 aliphatic carbocycles. The minimum absolute atomic E-state index is 0.169. The Kier molecular flexibility index (Phi) is 4.40. The van der Waals surface area contributed by atoms with Gasteiger partial charge in [-0.2, -0.15) is 20.1 Å². The number of thiophene rings is 1. The lowest BCUT2D eigenvalue weighted by molar-refractivity contribution is -0.146. The summed E-state index contributed by atoms with van der Waals surface area (Å²) in [5.74, 6) is -0.832. The van der Waals surface area contributed by atoms with Crippen molar-refractivity contribution in [3.63, 3.8) is 0 Å². The molecule has 2 heterocycles. The molecule has 0 saturated carbocycles. The summed E-state index contributed by atoms with van der Waals surface area (Å²) in [7, 11) is 0. The van der Waals surface area contributed by atoms with E-state index in [2.05, 4.69) is 14.1 Å². The smallest absolute Gasteiger partial charge is 0.310 e. The molecule has 0 unspecified atom stereocenters. The van der Waals surface area contributed by atoms with Gasteiger partial charge in [-0.15, -0.1) is 0 Å². The first-order valence-electron chi connectivity index (χ1n) is 6.40. The molecule has 0 aliphatic heterocycles. The van der Waals surface area contributed by atoms with Gasteiger partial charge in [0.05, 0.1) is 23.8 Å². The molecule has 0 atom stereocenters. The Morgan fingerprint density at radius 1 is 1.23 bits per heavy atom. The van der Waals surface area contributed by atoms with Gasteiger partial charge in [0.25, 0.3) is 5.91 Å². The van der Waals surface area contributed by atoms with Gasteiger partial charge in [0, 0.05) is 0 Å². The average molecular weight is 333 g/mol. The molecule has 2 aromatic heterocycles.